The minimum atomic E-state index is -4.73. The number of alkyl halides is 3. The van der Waals surface area contributed by atoms with Gasteiger partial charge in [0.25, 0.3) is 0 Å². The first-order valence-electron chi connectivity index (χ1n) is 6.17. The summed E-state index contributed by atoms with van der Waals surface area (Å²) in [6.45, 7) is 1.60. The summed E-state index contributed by atoms with van der Waals surface area (Å²) in [6.07, 6.45) is -0.724. The Morgan fingerprint density at radius 2 is 2.00 bits per heavy atom. The lowest BCUT2D eigenvalue weighted by Gasteiger charge is -2.16. The molecule has 22 heavy (non-hydrogen) atoms. The summed E-state index contributed by atoms with van der Waals surface area (Å²) in [6, 6.07) is 0. The quantitative estimate of drug-likeness (QED) is 0.869. The molecule has 0 fully saturated rings. The van der Waals surface area contributed by atoms with E-state index in [1.807, 2.05) is 0 Å². The number of nitrogens with zero attached hydrogens (tertiary/aromatic N) is 5. The molecule has 1 amide bonds. The summed E-state index contributed by atoms with van der Waals surface area (Å²) < 4.78 is 45.0. The Balaban J connectivity index is 2.48. The van der Waals surface area contributed by atoms with Crippen molar-refractivity contribution in [1.82, 2.24) is 19.7 Å². The molecule has 2 heterocycles. The zero-order valence-corrected chi connectivity index (χ0v) is 11.7. The Morgan fingerprint density at radius 3 is 2.55 bits per heavy atom. The predicted octanol–water partition coefficient (Wildman–Crippen LogP) is 2.27. The summed E-state index contributed by atoms with van der Waals surface area (Å²) >= 11 is 0. The van der Waals surface area contributed by atoms with E-state index < -0.39 is 23.7 Å². The molecule has 0 saturated carbocycles. The number of aromatic nitrogens is 4. The van der Waals surface area contributed by atoms with E-state index in [2.05, 4.69) is 15.1 Å². The van der Waals surface area contributed by atoms with Crippen molar-refractivity contribution in [3.63, 3.8) is 0 Å². The van der Waals surface area contributed by atoms with E-state index in [9.17, 15) is 18.0 Å². The second-order valence-electron chi connectivity index (χ2n) is 4.16. The highest BCUT2D eigenvalue weighted by Gasteiger charge is 2.39. The first-order chi connectivity index (χ1) is 10.3. The molecule has 0 N–H and O–H groups in total. The molecular formula is C12H12F3N5O2. The van der Waals surface area contributed by atoms with Gasteiger partial charge in [-0.1, -0.05) is 0 Å². The maximum atomic E-state index is 13.1. The maximum absolute atomic E-state index is 13.1. The number of hydrogen-bond donors (Lipinski definition) is 0. The van der Waals surface area contributed by atoms with Gasteiger partial charge in [0.1, 0.15) is 12.0 Å². The van der Waals surface area contributed by atoms with Crippen molar-refractivity contribution in [2.24, 2.45) is 0 Å². The van der Waals surface area contributed by atoms with Crippen molar-refractivity contribution in [1.29, 1.82) is 0 Å². The molecule has 0 saturated heterocycles. The molecule has 0 aliphatic carbocycles. The van der Waals surface area contributed by atoms with Gasteiger partial charge in [-0.15, -0.1) is 0 Å². The smallest absolute Gasteiger partial charge is 0.437 e. The summed E-state index contributed by atoms with van der Waals surface area (Å²) in [5.41, 5.74) is -1.39. The number of carbonyl (C=O) groups excluding carboxylic acids is 1. The van der Waals surface area contributed by atoms with Crippen LogP contribution in [0.25, 0.3) is 5.69 Å². The van der Waals surface area contributed by atoms with Crippen molar-refractivity contribution >= 4 is 11.8 Å². The Kier molecular flexibility index (Phi) is 4.29. The highest BCUT2D eigenvalue weighted by Crippen LogP contribution is 2.35. The minimum absolute atomic E-state index is 0.0468. The fourth-order valence-corrected chi connectivity index (χ4v) is 1.67. The van der Waals surface area contributed by atoms with Crippen LogP contribution < -0.4 is 4.90 Å². The van der Waals surface area contributed by atoms with Crippen LogP contribution in [0.2, 0.25) is 0 Å². The van der Waals surface area contributed by atoms with E-state index in [4.69, 9.17) is 4.74 Å². The topological polar surface area (TPSA) is 73.1 Å². The second kappa shape index (κ2) is 6.00. The average molecular weight is 315 g/mol. The van der Waals surface area contributed by atoms with Gasteiger partial charge in [-0.25, -0.2) is 19.4 Å². The molecule has 7 nitrogen and oxygen atoms in total. The Hall–Kier alpha value is -2.65. The van der Waals surface area contributed by atoms with Gasteiger partial charge in [0.05, 0.1) is 30.9 Å². The molecule has 0 atom stereocenters. The number of hydrogen-bond acceptors (Lipinski definition) is 5. The number of carbonyl (C=O) groups is 1. The van der Waals surface area contributed by atoms with Crippen molar-refractivity contribution < 1.29 is 22.7 Å². The van der Waals surface area contributed by atoms with Crippen LogP contribution in [-0.4, -0.2) is 39.5 Å². The molecule has 0 bridgehead atoms. The third-order valence-corrected chi connectivity index (χ3v) is 2.68. The number of ether oxygens (including phenoxy) is 1. The maximum Gasteiger partial charge on any atom is 0.437 e. The Bertz CT molecular complexity index is 657. The second-order valence-corrected chi connectivity index (χ2v) is 4.16. The normalized spacial score (nSPS) is 11.3. The largest absolute Gasteiger partial charge is 0.449 e. The lowest BCUT2D eigenvalue weighted by Crippen LogP contribution is -2.28. The predicted molar refractivity (Wildman–Crippen MR) is 69.6 cm³/mol. The van der Waals surface area contributed by atoms with Crippen LogP contribution in [0, 0.1) is 0 Å². The Labute approximate surface area is 123 Å². The fraction of sp³-hybridized carbons (Fsp3) is 0.333. The van der Waals surface area contributed by atoms with Crippen LogP contribution in [0.4, 0.5) is 23.7 Å². The molecule has 2 rings (SSSR count). The van der Waals surface area contributed by atoms with E-state index in [-0.39, 0.29) is 12.3 Å². The zero-order valence-electron chi connectivity index (χ0n) is 11.7. The number of amides is 1. The van der Waals surface area contributed by atoms with Gasteiger partial charge in [-0.3, -0.25) is 4.90 Å². The minimum Gasteiger partial charge on any atom is -0.449 e. The van der Waals surface area contributed by atoms with Crippen molar-refractivity contribution in [2.45, 2.75) is 13.1 Å². The zero-order chi connectivity index (χ0) is 16.3. The third kappa shape index (κ3) is 3.15. The molecule has 0 aromatic carbocycles. The third-order valence-electron chi connectivity index (χ3n) is 2.68. The highest BCUT2D eigenvalue weighted by atomic mass is 19.4. The van der Waals surface area contributed by atoms with E-state index in [1.165, 1.54) is 25.8 Å². The van der Waals surface area contributed by atoms with E-state index in [1.54, 1.807) is 6.92 Å². The molecule has 0 radical (unpaired) electrons. The van der Waals surface area contributed by atoms with Crippen LogP contribution in [0.3, 0.4) is 0 Å². The standard InChI is InChI=1S/C12H12F3N5O2/c1-3-22-11(21)19(2)9-6-20(8-4-16-7-17-5-8)18-10(9)12(13,14)15/h4-7H,3H2,1-2H3. The lowest BCUT2D eigenvalue weighted by atomic mass is 10.3. The molecule has 0 unspecified atom stereocenters. The molecule has 0 spiro atoms. The van der Waals surface area contributed by atoms with Crippen molar-refractivity contribution in [3.8, 4) is 5.69 Å². The van der Waals surface area contributed by atoms with Gasteiger partial charge >= 0.3 is 12.3 Å². The van der Waals surface area contributed by atoms with Crippen LogP contribution in [0.1, 0.15) is 12.6 Å². The molecule has 10 heteroatoms. The van der Waals surface area contributed by atoms with Gasteiger partial charge in [0.2, 0.25) is 0 Å². The summed E-state index contributed by atoms with van der Waals surface area (Å²) in [4.78, 5) is 19.8. The first kappa shape index (κ1) is 15.7. The molecule has 118 valence electrons. The molecule has 2 aromatic rings. The fourth-order valence-electron chi connectivity index (χ4n) is 1.67. The van der Waals surface area contributed by atoms with Gasteiger partial charge in [0, 0.05) is 7.05 Å². The van der Waals surface area contributed by atoms with Gasteiger partial charge in [0.15, 0.2) is 5.69 Å². The van der Waals surface area contributed by atoms with Gasteiger partial charge in [-0.2, -0.15) is 18.3 Å². The van der Waals surface area contributed by atoms with E-state index >= 15 is 0 Å². The van der Waals surface area contributed by atoms with Gasteiger partial charge in [-0.05, 0) is 6.92 Å². The summed E-state index contributed by atoms with van der Waals surface area (Å²) in [5.74, 6) is 0. The van der Waals surface area contributed by atoms with E-state index in [0.29, 0.717) is 0 Å². The molecule has 0 aliphatic heterocycles. The Morgan fingerprint density at radius 1 is 1.36 bits per heavy atom. The monoisotopic (exact) mass is 315 g/mol. The summed E-state index contributed by atoms with van der Waals surface area (Å²) in [7, 11) is 1.18. The van der Waals surface area contributed by atoms with Crippen LogP contribution >= 0.6 is 0 Å². The number of halogens is 3. The highest BCUT2D eigenvalue weighted by molar-refractivity contribution is 5.87. The van der Waals surface area contributed by atoms with Gasteiger partial charge < -0.3 is 4.74 Å². The van der Waals surface area contributed by atoms with Crippen LogP contribution in [0.15, 0.2) is 24.9 Å². The first-order valence-corrected chi connectivity index (χ1v) is 6.17. The van der Waals surface area contributed by atoms with Crippen LogP contribution in [0.5, 0.6) is 0 Å². The molecule has 0 aliphatic rings. The number of anilines is 1. The molecule has 2 aromatic heterocycles. The SMILES string of the molecule is CCOC(=O)N(C)c1cn(-c2cncnc2)nc1C(F)(F)F. The number of rotatable bonds is 3. The van der Waals surface area contributed by atoms with Crippen molar-refractivity contribution in [3.05, 3.63) is 30.6 Å². The van der Waals surface area contributed by atoms with Crippen molar-refractivity contribution in [2.75, 3.05) is 18.6 Å². The molecular weight excluding hydrogens is 303 g/mol. The van der Waals surface area contributed by atoms with Crippen LogP contribution in [-0.2, 0) is 10.9 Å². The average Bonchev–Trinajstić information content (AvgIpc) is 2.93. The summed E-state index contributed by atoms with van der Waals surface area (Å²) in [5, 5.41) is 3.48. The van der Waals surface area contributed by atoms with E-state index in [0.717, 1.165) is 15.8 Å². The lowest BCUT2D eigenvalue weighted by molar-refractivity contribution is -0.140.